The molecule has 0 bridgehead atoms. The maximum absolute atomic E-state index is 11.6. The van der Waals surface area contributed by atoms with Crippen molar-refractivity contribution in [3.8, 4) is 0 Å². The third kappa shape index (κ3) is 6.85. The third-order valence-electron chi connectivity index (χ3n) is 2.29. The molecule has 0 aliphatic carbocycles. The Hall–Kier alpha value is -1.95. The topological polar surface area (TPSA) is 77.5 Å². The van der Waals surface area contributed by atoms with Crippen molar-refractivity contribution in [3.63, 3.8) is 0 Å². The van der Waals surface area contributed by atoms with E-state index in [4.69, 9.17) is 9.47 Å². The van der Waals surface area contributed by atoms with Crippen LogP contribution in [0.3, 0.4) is 0 Å². The monoisotopic (exact) mass is 294 g/mol. The molecule has 1 aromatic rings. The molecule has 0 aliphatic heterocycles. The van der Waals surface area contributed by atoms with E-state index in [-0.39, 0.29) is 18.2 Å². The van der Waals surface area contributed by atoms with Gasteiger partial charge < -0.3 is 14.8 Å². The normalized spacial score (nSPS) is 11.0. The Morgan fingerprint density at radius 3 is 2.62 bits per heavy atom. The minimum atomic E-state index is -0.499. The summed E-state index contributed by atoms with van der Waals surface area (Å²) in [5.74, 6) is -0.782. The van der Waals surface area contributed by atoms with E-state index in [1.54, 1.807) is 25.1 Å². The van der Waals surface area contributed by atoms with Gasteiger partial charge in [0.05, 0.1) is 18.8 Å². The predicted octanol–water partition coefficient (Wildman–Crippen LogP) is 1.69. The van der Waals surface area contributed by atoms with Crippen LogP contribution in [-0.2, 0) is 20.8 Å². The SMILES string of the molecule is CCOC(=O)c1cccc(CNCC(=O)OC(C)(C)C)n1. The number of rotatable bonds is 6. The van der Waals surface area contributed by atoms with Crippen molar-refractivity contribution >= 4 is 11.9 Å². The van der Waals surface area contributed by atoms with Crippen LogP contribution in [0.25, 0.3) is 0 Å². The van der Waals surface area contributed by atoms with Gasteiger partial charge in [-0.25, -0.2) is 9.78 Å². The lowest BCUT2D eigenvalue weighted by atomic mass is 10.2. The van der Waals surface area contributed by atoms with Crippen LogP contribution in [0.2, 0.25) is 0 Å². The van der Waals surface area contributed by atoms with Crippen LogP contribution in [0, 0.1) is 0 Å². The van der Waals surface area contributed by atoms with Crippen LogP contribution < -0.4 is 5.32 Å². The van der Waals surface area contributed by atoms with Gasteiger partial charge in [-0.3, -0.25) is 4.79 Å². The van der Waals surface area contributed by atoms with Crippen LogP contribution in [-0.4, -0.2) is 35.7 Å². The standard InChI is InChI=1S/C15H22N2O4/c1-5-20-14(19)12-8-6-7-11(17-12)9-16-10-13(18)21-15(2,3)4/h6-8,16H,5,9-10H2,1-4H3. The van der Waals surface area contributed by atoms with Crippen molar-refractivity contribution < 1.29 is 19.1 Å². The molecule has 116 valence electrons. The summed E-state index contributed by atoms with van der Waals surface area (Å²) in [4.78, 5) is 27.3. The quantitative estimate of drug-likeness (QED) is 0.804. The number of ether oxygens (including phenoxy) is 2. The lowest BCUT2D eigenvalue weighted by molar-refractivity contribution is -0.153. The van der Waals surface area contributed by atoms with Gasteiger partial charge in [0.2, 0.25) is 0 Å². The smallest absolute Gasteiger partial charge is 0.356 e. The second kappa shape index (κ2) is 7.73. The number of hydrogen-bond donors (Lipinski definition) is 1. The van der Waals surface area contributed by atoms with E-state index >= 15 is 0 Å². The minimum Gasteiger partial charge on any atom is -0.461 e. The molecule has 0 aromatic carbocycles. The Balaban J connectivity index is 2.47. The number of nitrogens with zero attached hydrogens (tertiary/aromatic N) is 1. The van der Waals surface area contributed by atoms with E-state index in [2.05, 4.69) is 10.3 Å². The zero-order valence-corrected chi connectivity index (χ0v) is 12.9. The highest BCUT2D eigenvalue weighted by atomic mass is 16.6. The Bertz CT molecular complexity index is 495. The van der Waals surface area contributed by atoms with Gasteiger partial charge in [-0.15, -0.1) is 0 Å². The van der Waals surface area contributed by atoms with E-state index in [1.807, 2.05) is 20.8 Å². The molecule has 0 amide bonds. The molecule has 21 heavy (non-hydrogen) atoms. The molecule has 6 nitrogen and oxygen atoms in total. The van der Waals surface area contributed by atoms with Crippen LogP contribution in [0.1, 0.15) is 43.9 Å². The van der Waals surface area contributed by atoms with Crippen molar-refractivity contribution in [2.75, 3.05) is 13.2 Å². The second-order valence-corrected chi connectivity index (χ2v) is 5.42. The number of esters is 2. The Morgan fingerprint density at radius 1 is 1.29 bits per heavy atom. The highest BCUT2D eigenvalue weighted by Crippen LogP contribution is 2.06. The Morgan fingerprint density at radius 2 is 2.00 bits per heavy atom. The van der Waals surface area contributed by atoms with Gasteiger partial charge in [0.25, 0.3) is 0 Å². The maximum atomic E-state index is 11.6. The molecule has 6 heteroatoms. The van der Waals surface area contributed by atoms with Crippen molar-refractivity contribution in [1.82, 2.24) is 10.3 Å². The average molecular weight is 294 g/mol. The van der Waals surface area contributed by atoms with Crippen molar-refractivity contribution in [2.24, 2.45) is 0 Å². The van der Waals surface area contributed by atoms with E-state index in [1.165, 1.54) is 0 Å². The molecular formula is C15H22N2O4. The maximum Gasteiger partial charge on any atom is 0.356 e. The molecule has 0 radical (unpaired) electrons. The summed E-state index contributed by atoms with van der Waals surface area (Å²) in [5, 5.41) is 2.93. The van der Waals surface area contributed by atoms with Gasteiger partial charge in [0.1, 0.15) is 11.3 Å². The van der Waals surface area contributed by atoms with E-state index in [0.717, 1.165) is 0 Å². The van der Waals surface area contributed by atoms with Gasteiger partial charge in [0, 0.05) is 6.54 Å². The zero-order valence-electron chi connectivity index (χ0n) is 12.9. The molecule has 0 aliphatic rings. The fourth-order valence-corrected chi connectivity index (χ4v) is 1.57. The highest BCUT2D eigenvalue weighted by molar-refractivity contribution is 5.87. The first-order valence-corrected chi connectivity index (χ1v) is 6.87. The molecule has 0 saturated heterocycles. The summed E-state index contributed by atoms with van der Waals surface area (Å²) < 4.78 is 10.1. The molecule has 1 aromatic heterocycles. The molecular weight excluding hydrogens is 272 g/mol. The van der Waals surface area contributed by atoms with Gasteiger partial charge in [0.15, 0.2) is 0 Å². The van der Waals surface area contributed by atoms with Crippen LogP contribution >= 0.6 is 0 Å². The van der Waals surface area contributed by atoms with E-state index in [9.17, 15) is 9.59 Å². The van der Waals surface area contributed by atoms with Crippen molar-refractivity contribution in [2.45, 2.75) is 39.8 Å². The summed E-state index contributed by atoms with van der Waals surface area (Å²) in [6.45, 7) is 7.95. The fourth-order valence-electron chi connectivity index (χ4n) is 1.57. The molecule has 1 heterocycles. The summed E-state index contributed by atoms with van der Waals surface area (Å²) in [5.41, 5.74) is 0.415. The van der Waals surface area contributed by atoms with Crippen LogP contribution in [0.15, 0.2) is 18.2 Å². The van der Waals surface area contributed by atoms with Crippen LogP contribution in [0.5, 0.6) is 0 Å². The first-order valence-electron chi connectivity index (χ1n) is 6.87. The summed E-state index contributed by atoms with van der Waals surface area (Å²) in [7, 11) is 0. The lowest BCUT2D eigenvalue weighted by Gasteiger charge is -2.19. The summed E-state index contributed by atoms with van der Waals surface area (Å²) >= 11 is 0. The van der Waals surface area contributed by atoms with Gasteiger partial charge >= 0.3 is 11.9 Å². The molecule has 1 N–H and O–H groups in total. The van der Waals surface area contributed by atoms with Gasteiger partial charge in [-0.05, 0) is 39.8 Å². The molecule has 0 atom stereocenters. The van der Waals surface area contributed by atoms with Crippen molar-refractivity contribution in [1.29, 1.82) is 0 Å². The molecule has 1 rings (SSSR count). The lowest BCUT2D eigenvalue weighted by Crippen LogP contribution is -2.31. The predicted molar refractivity (Wildman–Crippen MR) is 77.7 cm³/mol. The molecule has 0 spiro atoms. The number of carbonyl (C=O) groups is 2. The molecule has 0 unspecified atom stereocenters. The number of nitrogens with one attached hydrogen (secondary N) is 1. The van der Waals surface area contributed by atoms with Crippen LogP contribution in [0.4, 0.5) is 0 Å². The van der Waals surface area contributed by atoms with Gasteiger partial charge in [-0.1, -0.05) is 6.07 Å². The largest absolute Gasteiger partial charge is 0.461 e. The van der Waals surface area contributed by atoms with Crippen molar-refractivity contribution in [3.05, 3.63) is 29.6 Å². The first-order chi connectivity index (χ1) is 9.81. The molecule has 0 saturated carbocycles. The number of hydrogen-bond acceptors (Lipinski definition) is 6. The summed E-state index contributed by atoms with van der Waals surface area (Å²) in [6.07, 6.45) is 0. The highest BCUT2D eigenvalue weighted by Gasteiger charge is 2.15. The minimum absolute atomic E-state index is 0.0859. The zero-order chi connectivity index (χ0) is 15.9. The number of pyridine rings is 1. The molecule has 0 fully saturated rings. The van der Waals surface area contributed by atoms with E-state index < -0.39 is 11.6 Å². The Labute approximate surface area is 124 Å². The third-order valence-corrected chi connectivity index (χ3v) is 2.29. The number of aromatic nitrogens is 1. The summed E-state index contributed by atoms with van der Waals surface area (Å²) in [6, 6.07) is 5.09. The second-order valence-electron chi connectivity index (χ2n) is 5.42. The number of carbonyl (C=O) groups excluding carboxylic acids is 2. The van der Waals surface area contributed by atoms with Gasteiger partial charge in [-0.2, -0.15) is 0 Å². The average Bonchev–Trinajstić information content (AvgIpc) is 2.37. The fraction of sp³-hybridized carbons (Fsp3) is 0.533. The van der Waals surface area contributed by atoms with E-state index in [0.29, 0.717) is 18.8 Å². The first kappa shape index (κ1) is 17.1. The Kier molecular flexibility index (Phi) is 6.30.